The zero-order valence-corrected chi connectivity index (χ0v) is 12.4. The van der Waals surface area contributed by atoms with Crippen LogP contribution in [0.3, 0.4) is 0 Å². The van der Waals surface area contributed by atoms with E-state index in [0.717, 1.165) is 16.9 Å². The van der Waals surface area contributed by atoms with Gasteiger partial charge in [-0.25, -0.2) is 0 Å². The second-order valence-corrected chi connectivity index (χ2v) is 4.56. The summed E-state index contributed by atoms with van der Waals surface area (Å²) in [4.78, 5) is 0. The highest BCUT2D eigenvalue weighted by molar-refractivity contribution is 5.85. The van der Waals surface area contributed by atoms with Crippen molar-refractivity contribution in [2.45, 2.75) is 20.4 Å². The standard InChI is InChI=1S/C16H19NO.ClH/c1-11-4-6-13(7-5-11)14-8-12(2)16(18-3)15(9-14)10-17;/h4-9H,10,17H2,1-3H3;1H. The van der Waals surface area contributed by atoms with Crippen molar-refractivity contribution in [3.8, 4) is 16.9 Å². The SMILES string of the molecule is COc1c(C)cc(-c2ccc(C)cc2)cc1CN.Cl. The molecule has 19 heavy (non-hydrogen) atoms. The fourth-order valence-electron chi connectivity index (χ4n) is 2.20. The van der Waals surface area contributed by atoms with E-state index >= 15 is 0 Å². The van der Waals surface area contributed by atoms with Gasteiger partial charge in [0.05, 0.1) is 7.11 Å². The first-order valence-electron chi connectivity index (χ1n) is 6.10. The number of hydrogen-bond donors (Lipinski definition) is 1. The normalized spacial score (nSPS) is 9.89. The predicted molar refractivity (Wildman–Crippen MR) is 83.0 cm³/mol. The van der Waals surface area contributed by atoms with Gasteiger partial charge < -0.3 is 10.5 Å². The molecule has 0 unspecified atom stereocenters. The Morgan fingerprint density at radius 3 is 2.16 bits per heavy atom. The van der Waals surface area contributed by atoms with Gasteiger partial charge in [-0.2, -0.15) is 0 Å². The van der Waals surface area contributed by atoms with E-state index in [-0.39, 0.29) is 12.4 Å². The van der Waals surface area contributed by atoms with Crippen LogP contribution in [0.15, 0.2) is 36.4 Å². The molecule has 0 fully saturated rings. The smallest absolute Gasteiger partial charge is 0.126 e. The Morgan fingerprint density at radius 2 is 1.63 bits per heavy atom. The molecule has 0 spiro atoms. The van der Waals surface area contributed by atoms with Crippen LogP contribution in [0.2, 0.25) is 0 Å². The molecule has 2 rings (SSSR count). The van der Waals surface area contributed by atoms with Gasteiger partial charge >= 0.3 is 0 Å². The number of benzene rings is 2. The van der Waals surface area contributed by atoms with Crippen molar-refractivity contribution in [3.63, 3.8) is 0 Å². The molecule has 0 radical (unpaired) electrons. The maximum absolute atomic E-state index is 5.79. The van der Waals surface area contributed by atoms with Crippen LogP contribution in [0.5, 0.6) is 5.75 Å². The second kappa shape index (κ2) is 6.60. The molecule has 2 nitrogen and oxygen atoms in total. The maximum atomic E-state index is 5.79. The maximum Gasteiger partial charge on any atom is 0.126 e. The minimum Gasteiger partial charge on any atom is -0.496 e. The van der Waals surface area contributed by atoms with Crippen LogP contribution < -0.4 is 10.5 Å². The summed E-state index contributed by atoms with van der Waals surface area (Å²) in [6.45, 7) is 4.63. The van der Waals surface area contributed by atoms with Crippen molar-refractivity contribution in [2.75, 3.05) is 7.11 Å². The molecule has 0 atom stereocenters. The summed E-state index contributed by atoms with van der Waals surface area (Å²) in [5, 5.41) is 0. The number of methoxy groups -OCH3 is 1. The summed E-state index contributed by atoms with van der Waals surface area (Å²) in [5.41, 5.74) is 11.6. The monoisotopic (exact) mass is 277 g/mol. The number of aryl methyl sites for hydroxylation is 2. The Hall–Kier alpha value is -1.51. The summed E-state index contributed by atoms with van der Waals surface area (Å²) in [5.74, 6) is 0.897. The topological polar surface area (TPSA) is 35.2 Å². The fourth-order valence-corrected chi connectivity index (χ4v) is 2.20. The molecule has 0 bridgehead atoms. The minimum atomic E-state index is 0. The summed E-state index contributed by atoms with van der Waals surface area (Å²) in [6.07, 6.45) is 0. The molecular formula is C16H20ClNO. The number of hydrogen-bond acceptors (Lipinski definition) is 2. The lowest BCUT2D eigenvalue weighted by Crippen LogP contribution is -2.02. The molecule has 0 saturated carbocycles. The fraction of sp³-hybridized carbons (Fsp3) is 0.250. The molecule has 0 heterocycles. The van der Waals surface area contributed by atoms with Crippen LogP contribution in [-0.2, 0) is 6.54 Å². The summed E-state index contributed by atoms with van der Waals surface area (Å²) in [7, 11) is 1.69. The molecule has 2 aromatic rings. The van der Waals surface area contributed by atoms with Crippen molar-refractivity contribution in [2.24, 2.45) is 5.73 Å². The number of nitrogens with two attached hydrogens (primary N) is 1. The van der Waals surface area contributed by atoms with Gasteiger partial charge in [-0.15, -0.1) is 12.4 Å². The molecule has 2 N–H and O–H groups in total. The van der Waals surface area contributed by atoms with Crippen LogP contribution in [0.1, 0.15) is 16.7 Å². The van der Waals surface area contributed by atoms with Crippen molar-refractivity contribution in [1.82, 2.24) is 0 Å². The number of rotatable bonds is 3. The van der Waals surface area contributed by atoms with Crippen LogP contribution in [0.4, 0.5) is 0 Å². The highest BCUT2D eigenvalue weighted by Crippen LogP contribution is 2.30. The first-order valence-corrected chi connectivity index (χ1v) is 6.10. The first-order chi connectivity index (χ1) is 8.65. The molecule has 3 heteroatoms. The average molecular weight is 278 g/mol. The average Bonchev–Trinajstić information content (AvgIpc) is 2.38. The van der Waals surface area contributed by atoms with E-state index in [2.05, 4.69) is 50.2 Å². The Labute approximate surface area is 121 Å². The molecule has 102 valence electrons. The van der Waals surface area contributed by atoms with E-state index < -0.39 is 0 Å². The van der Waals surface area contributed by atoms with Crippen molar-refractivity contribution in [3.05, 3.63) is 53.1 Å². The number of ether oxygens (including phenoxy) is 1. The zero-order valence-electron chi connectivity index (χ0n) is 11.6. The molecule has 0 amide bonds. The minimum absolute atomic E-state index is 0. The molecule has 0 aliphatic rings. The van der Waals surface area contributed by atoms with E-state index in [9.17, 15) is 0 Å². The Balaban J connectivity index is 0.00000180. The lowest BCUT2D eigenvalue weighted by Gasteiger charge is -2.13. The van der Waals surface area contributed by atoms with Gasteiger partial charge in [-0.3, -0.25) is 0 Å². The lowest BCUT2D eigenvalue weighted by atomic mass is 9.98. The predicted octanol–water partition coefficient (Wildman–Crippen LogP) is 3.86. The van der Waals surface area contributed by atoms with Gasteiger partial charge in [0.2, 0.25) is 0 Å². The quantitative estimate of drug-likeness (QED) is 0.925. The summed E-state index contributed by atoms with van der Waals surface area (Å²) < 4.78 is 5.40. The summed E-state index contributed by atoms with van der Waals surface area (Å²) >= 11 is 0. The van der Waals surface area contributed by atoms with Gasteiger partial charge in [-0.05, 0) is 42.7 Å². The van der Waals surface area contributed by atoms with E-state index in [1.807, 2.05) is 0 Å². The largest absolute Gasteiger partial charge is 0.496 e. The first kappa shape index (κ1) is 15.5. The Kier molecular flexibility index (Phi) is 5.40. The van der Waals surface area contributed by atoms with Gasteiger partial charge in [-0.1, -0.05) is 29.8 Å². The molecular weight excluding hydrogens is 258 g/mol. The summed E-state index contributed by atoms with van der Waals surface area (Å²) in [6, 6.07) is 12.8. The molecule has 0 aliphatic carbocycles. The van der Waals surface area contributed by atoms with Crippen LogP contribution in [0, 0.1) is 13.8 Å². The van der Waals surface area contributed by atoms with Crippen molar-refractivity contribution in [1.29, 1.82) is 0 Å². The Morgan fingerprint density at radius 1 is 1.00 bits per heavy atom. The zero-order chi connectivity index (χ0) is 13.1. The highest BCUT2D eigenvalue weighted by Gasteiger charge is 2.08. The van der Waals surface area contributed by atoms with E-state index in [1.165, 1.54) is 16.7 Å². The van der Waals surface area contributed by atoms with Crippen LogP contribution >= 0.6 is 12.4 Å². The van der Waals surface area contributed by atoms with Crippen LogP contribution in [-0.4, -0.2) is 7.11 Å². The molecule has 2 aromatic carbocycles. The van der Waals surface area contributed by atoms with E-state index in [4.69, 9.17) is 10.5 Å². The third kappa shape index (κ3) is 3.28. The second-order valence-electron chi connectivity index (χ2n) is 4.56. The highest BCUT2D eigenvalue weighted by atomic mass is 35.5. The molecule has 0 aliphatic heterocycles. The molecule has 0 aromatic heterocycles. The third-order valence-electron chi connectivity index (χ3n) is 3.16. The van der Waals surface area contributed by atoms with E-state index in [1.54, 1.807) is 7.11 Å². The van der Waals surface area contributed by atoms with Gasteiger partial charge in [0, 0.05) is 12.1 Å². The van der Waals surface area contributed by atoms with Gasteiger partial charge in [0.25, 0.3) is 0 Å². The van der Waals surface area contributed by atoms with Gasteiger partial charge in [0.15, 0.2) is 0 Å². The Bertz CT molecular complexity index is 549. The third-order valence-corrected chi connectivity index (χ3v) is 3.16. The van der Waals surface area contributed by atoms with Gasteiger partial charge in [0.1, 0.15) is 5.75 Å². The van der Waals surface area contributed by atoms with Crippen molar-refractivity contribution < 1.29 is 4.74 Å². The number of halogens is 1. The van der Waals surface area contributed by atoms with E-state index in [0.29, 0.717) is 6.54 Å². The molecule has 0 saturated heterocycles. The van der Waals surface area contributed by atoms with Crippen molar-refractivity contribution >= 4 is 12.4 Å². The lowest BCUT2D eigenvalue weighted by molar-refractivity contribution is 0.407. The van der Waals surface area contributed by atoms with Crippen LogP contribution in [0.25, 0.3) is 11.1 Å².